The molecule has 1 aromatic heterocycles. The van der Waals surface area contributed by atoms with Gasteiger partial charge in [0.1, 0.15) is 0 Å². The van der Waals surface area contributed by atoms with E-state index in [1.165, 1.54) is 6.42 Å². The van der Waals surface area contributed by atoms with Crippen molar-refractivity contribution in [3.05, 3.63) is 21.9 Å². The Labute approximate surface area is 130 Å². The number of rotatable bonds is 5. The molecule has 1 saturated heterocycles. The first-order valence-corrected chi connectivity index (χ1v) is 8.31. The van der Waals surface area contributed by atoms with Gasteiger partial charge >= 0.3 is 0 Å². The van der Waals surface area contributed by atoms with Crippen molar-refractivity contribution in [2.45, 2.75) is 44.8 Å². The zero-order chi connectivity index (χ0) is 14.9. The molecule has 1 aromatic rings. The van der Waals surface area contributed by atoms with Gasteiger partial charge in [-0.2, -0.15) is 0 Å². The van der Waals surface area contributed by atoms with Crippen molar-refractivity contribution in [3.8, 4) is 11.8 Å². The van der Waals surface area contributed by atoms with Crippen LogP contribution in [0.5, 0.6) is 0 Å². The summed E-state index contributed by atoms with van der Waals surface area (Å²) in [4.78, 5) is 13.0. The van der Waals surface area contributed by atoms with Gasteiger partial charge in [-0.1, -0.05) is 11.8 Å². The summed E-state index contributed by atoms with van der Waals surface area (Å²) in [6, 6.07) is 1.96. The van der Waals surface area contributed by atoms with Crippen molar-refractivity contribution in [2.24, 2.45) is 5.73 Å². The number of nitrogens with one attached hydrogen (secondary N) is 1. The first kappa shape index (κ1) is 16.0. The van der Waals surface area contributed by atoms with Gasteiger partial charge in [0.25, 0.3) is 0 Å². The summed E-state index contributed by atoms with van der Waals surface area (Å²) >= 11 is 1.61. The molecule has 1 amide bonds. The smallest absolute Gasteiger partial charge is 0.220 e. The van der Waals surface area contributed by atoms with E-state index in [9.17, 15) is 4.79 Å². The molecule has 1 aliphatic heterocycles. The zero-order valence-corrected chi connectivity index (χ0v) is 13.0. The topological polar surface area (TPSA) is 64.3 Å². The third kappa shape index (κ3) is 5.50. The average Bonchev–Trinajstić information content (AvgIpc) is 2.97. The molecule has 3 N–H and O–H groups in total. The zero-order valence-electron chi connectivity index (χ0n) is 12.2. The number of hydrogen-bond donors (Lipinski definition) is 2. The monoisotopic (exact) mass is 306 g/mol. The lowest BCUT2D eigenvalue weighted by molar-refractivity contribution is -0.122. The molecule has 0 spiro atoms. The Morgan fingerprint density at radius 1 is 1.52 bits per heavy atom. The van der Waals surface area contributed by atoms with Crippen molar-refractivity contribution in [3.63, 3.8) is 0 Å². The SMILES string of the molecule is NCC#Cc1ccsc1CNC(=O)CCC1CCCCO1. The number of carbonyl (C=O) groups is 1. The molecular formula is C16H22N2O2S. The Morgan fingerprint density at radius 2 is 2.43 bits per heavy atom. The van der Waals surface area contributed by atoms with Crippen LogP contribution in [-0.2, 0) is 16.1 Å². The predicted molar refractivity (Wildman–Crippen MR) is 84.9 cm³/mol. The highest BCUT2D eigenvalue weighted by Gasteiger charge is 2.15. The summed E-state index contributed by atoms with van der Waals surface area (Å²) in [6.45, 7) is 1.73. The number of amides is 1. The number of nitrogens with two attached hydrogens (primary N) is 1. The molecule has 1 atom stereocenters. The number of thiophene rings is 1. The highest BCUT2D eigenvalue weighted by Crippen LogP contribution is 2.18. The van der Waals surface area contributed by atoms with Gasteiger partial charge in [-0.05, 0) is 37.1 Å². The van der Waals surface area contributed by atoms with Crippen LogP contribution in [0.2, 0.25) is 0 Å². The van der Waals surface area contributed by atoms with E-state index in [0.717, 1.165) is 36.3 Å². The van der Waals surface area contributed by atoms with Gasteiger partial charge in [0.05, 0.1) is 19.2 Å². The molecule has 2 heterocycles. The maximum absolute atomic E-state index is 11.9. The summed E-state index contributed by atoms with van der Waals surface area (Å²) < 4.78 is 5.63. The van der Waals surface area contributed by atoms with E-state index in [4.69, 9.17) is 10.5 Å². The summed E-state index contributed by atoms with van der Waals surface area (Å²) in [6.07, 6.45) is 5.04. The standard InChI is InChI=1S/C16H22N2O2S/c17-9-3-4-13-8-11-21-15(13)12-18-16(19)7-6-14-5-1-2-10-20-14/h8,11,14H,1-2,5-7,9-10,12,17H2,(H,18,19). The molecule has 1 fully saturated rings. The van der Waals surface area contributed by atoms with E-state index in [0.29, 0.717) is 19.5 Å². The normalized spacial score (nSPS) is 17.9. The van der Waals surface area contributed by atoms with Crippen LogP contribution in [-0.4, -0.2) is 25.2 Å². The molecule has 1 unspecified atom stereocenters. The maximum atomic E-state index is 11.9. The van der Waals surface area contributed by atoms with Crippen LogP contribution in [0.3, 0.4) is 0 Å². The fraction of sp³-hybridized carbons (Fsp3) is 0.562. The third-order valence-electron chi connectivity index (χ3n) is 3.48. The molecule has 21 heavy (non-hydrogen) atoms. The first-order valence-electron chi connectivity index (χ1n) is 7.43. The molecule has 4 nitrogen and oxygen atoms in total. The summed E-state index contributed by atoms with van der Waals surface area (Å²) in [5, 5.41) is 4.94. The maximum Gasteiger partial charge on any atom is 0.220 e. The van der Waals surface area contributed by atoms with Crippen LogP contribution in [0.1, 0.15) is 42.5 Å². The summed E-state index contributed by atoms with van der Waals surface area (Å²) in [7, 11) is 0. The van der Waals surface area contributed by atoms with Crippen molar-refractivity contribution in [2.75, 3.05) is 13.2 Å². The van der Waals surface area contributed by atoms with Gasteiger partial charge in [0.15, 0.2) is 0 Å². The van der Waals surface area contributed by atoms with Crippen molar-refractivity contribution in [1.29, 1.82) is 0 Å². The molecule has 0 saturated carbocycles. The van der Waals surface area contributed by atoms with Crippen molar-refractivity contribution < 1.29 is 9.53 Å². The van der Waals surface area contributed by atoms with Gasteiger partial charge < -0.3 is 15.8 Å². The Morgan fingerprint density at radius 3 is 3.19 bits per heavy atom. The lowest BCUT2D eigenvalue weighted by Gasteiger charge is -2.22. The minimum absolute atomic E-state index is 0.0790. The average molecular weight is 306 g/mol. The minimum Gasteiger partial charge on any atom is -0.378 e. The van der Waals surface area contributed by atoms with Crippen molar-refractivity contribution in [1.82, 2.24) is 5.32 Å². The van der Waals surface area contributed by atoms with Gasteiger partial charge in [0, 0.05) is 23.5 Å². The van der Waals surface area contributed by atoms with E-state index < -0.39 is 0 Å². The molecule has 5 heteroatoms. The summed E-state index contributed by atoms with van der Waals surface area (Å²) in [5.41, 5.74) is 6.34. The Hall–Kier alpha value is -1.35. The second-order valence-corrected chi connectivity index (χ2v) is 6.07. The molecular weight excluding hydrogens is 284 g/mol. The van der Waals surface area contributed by atoms with E-state index >= 15 is 0 Å². The van der Waals surface area contributed by atoms with Crippen LogP contribution < -0.4 is 11.1 Å². The Balaban J connectivity index is 1.72. The highest BCUT2D eigenvalue weighted by molar-refractivity contribution is 7.10. The van der Waals surface area contributed by atoms with Gasteiger partial charge in [-0.25, -0.2) is 0 Å². The van der Waals surface area contributed by atoms with Crippen LogP contribution in [0, 0.1) is 11.8 Å². The molecule has 114 valence electrons. The van der Waals surface area contributed by atoms with Gasteiger partial charge in [-0.3, -0.25) is 4.79 Å². The Bertz CT molecular complexity index is 510. The molecule has 0 aromatic carbocycles. The molecule has 0 bridgehead atoms. The van der Waals surface area contributed by atoms with E-state index in [-0.39, 0.29) is 12.0 Å². The van der Waals surface area contributed by atoms with Gasteiger partial charge in [-0.15, -0.1) is 11.3 Å². The number of hydrogen-bond acceptors (Lipinski definition) is 4. The summed E-state index contributed by atoms with van der Waals surface area (Å²) in [5.74, 6) is 5.95. The second-order valence-electron chi connectivity index (χ2n) is 5.07. The fourth-order valence-electron chi connectivity index (χ4n) is 2.33. The van der Waals surface area contributed by atoms with E-state index in [2.05, 4.69) is 17.2 Å². The van der Waals surface area contributed by atoms with E-state index in [1.54, 1.807) is 11.3 Å². The number of ether oxygens (including phenoxy) is 1. The lowest BCUT2D eigenvalue weighted by Crippen LogP contribution is -2.26. The fourth-order valence-corrected chi connectivity index (χ4v) is 3.10. The molecule has 2 rings (SSSR count). The molecule has 0 radical (unpaired) electrons. The van der Waals surface area contributed by atoms with E-state index in [1.807, 2.05) is 11.4 Å². The van der Waals surface area contributed by atoms with Crippen LogP contribution in [0.15, 0.2) is 11.4 Å². The quantitative estimate of drug-likeness (QED) is 0.818. The second kappa shape index (κ2) is 8.83. The van der Waals surface area contributed by atoms with Crippen LogP contribution in [0.4, 0.5) is 0 Å². The van der Waals surface area contributed by atoms with Gasteiger partial charge in [0.2, 0.25) is 5.91 Å². The first-order chi connectivity index (χ1) is 10.3. The highest BCUT2D eigenvalue weighted by atomic mass is 32.1. The molecule has 1 aliphatic rings. The largest absolute Gasteiger partial charge is 0.378 e. The van der Waals surface area contributed by atoms with Crippen molar-refractivity contribution >= 4 is 17.2 Å². The van der Waals surface area contributed by atoms with Crippen LogP contribution in [0.25, 0.3) is 0 Å². The Kier molecular flexibility index (Phi) is 6.74. The third-order valence-corrected chi connectivity index (χ3v) is 4.40. The molecule has 0 aliphatic carbocycles. The minimum atomic E-state index is 0.0790. The lowest BCUT2D eigenvalue weighted by atomic mass is 10.0. The predicted octanol–water partition coefficient (Wildman–Crippen LogP) is 2.02. The van der Waals surface area contributed by atoms with Crippen LogP contribution >= 0.6 is 11.3 Å². The number of carbonyl (C=O) groups excluding carboxylic acids is 1.